The Morgan fingerprint density at radius 2 is 2.41 bits per heavy atom. The van der Waals surface area contributed by atoms with Gasteiger partial charge in [0.2, 0.25) is 5.91 Å². The SMILES string of the molecule is CN(Cc1csc(Br)c1)C(=O)C(N)CC1CC1. The van der Waals surface area contributed by atoms with Crippen LogP contribution in [0.1, 0.15) is 24.8 Å². The lowest BCUT2D eigenvalue weighted by molar-refractivity contribution is -0.132. The number of nitrogens with zero attached hydrogens (tertiary/aromatic N) is 1. The van der Waals surface area contributed by atoms with Gasteiger partial charge < -0.3 is 10.6 Å². The van der Waals surface area contributed by atoms with E-state index in [-0.39, 0.29) is 11.9 Å². The minimum Gasteiger partial charge on any atom is -0.340 e. The first-order valence-electron chi connectivity index (χ1n) is 5.79. The maximum atomic E-state index is 12.0. The Labute approximate surface area is 114 Å². The largest absolute Gasteiger partial charge is 0.340 e. The summed E-state index contributed by atoms with van der Waals surface area (Å²) < 4.78 is 1.09. The second-order valence-electron chi connectivity index (χ2n) is 4.74. The van der Waals surface area contributed by atoms with E-state index in [9.17, 15) is 4.79 Å². The van der Waals surface area contributed by atoms with Crippen LogP contribution in [0, 0.1) is 5.92 Å². The molecule has 2 rings (SSSR count). The molecule has 0 aliphatic heterocycles. The molecule has 0 bridgehead atoms. The first-order valence-corrected chi connectivity index (χ1v) is 7.47. The molecule has 0 spiro atoms. The average Bonchev–Trinajstić information content (AvgIpc) is 3.00. The van der Waals surface area contributed by atoms with E-state index in [2.05, 4.69) is 21.3 Å². The van der Waals surface area contributed by atoms with Gasteiger partial charge in [-0.25, -0.2) is 0 Å². The van der Waals surface area contributed by atoms with Gasteiger partial charge in [-0.15, -0.1) is 11.3 Å². The van der Waals surface area contributed by atoms with Crippen molar-refractivity contribution in [1.29, 1.82) is 0 Å². The Balaban J connectivity index is 1.85. The lowest BCUT2D eigenvalue weighted by Gasteiger charge is -2.20. The van der Waals surface area contributed by atoms with Gasteiger partial charge in [-0.3, -0.25) is 4.79 Å². The molecule has 1 aromatic heterocycles. The molecular weight excluding hydrogens is 300 g/mol. The third-order valence-electron chi connectivity index (χ3n) is 3.02. The predicted octanol–water partition coefficient (Wildman–Crippen LogP) is 2.60. The minimum atomic E-state index is -0.324. The molecule has 0 radical (unpaired) electrons. The van der Waals surface area contributed by atoms with Crippen LogP contribution in [0.2, 0.25) is 0 Å². The van der Waals surface area contributed by atoms with Crippen molar-refractivity contribution < 1.29 is 4.79 Å². The van der Waals surface area contributed by atoms with Gasteiger partial charge in [0.25, 0.3) is 0 Å². The number of hydrogen-bond acceptors (Lipinski definition) is 3. The van der Waals surface area contributed by atoms with Crippen molar-refractivity contribution in [3.8, 4) is 0 Å². The number of halogens is 1. The van der Waals surface area contributed by atoms with Gasteiger partial charge in [0.15, 0.2) is 0 Å². The van der Waals surface area contributed by atoms with Crippen LogP contribution in [0.3, 0.4) is 0 Å². The lowest BCUT2D eigenvalue weighted by Crippen LogP contribution is -2.41. The number of thiophene rings is 1. The fourth-order valence-corrected chi connectivity index (χ4v) is 3.08. The highest BCUT2D eigenvalue weighted by molar-refractivity contribution is 9.11. The van der Waals surface area contributed by atoms with Crippen molar-refractivity contribution in [2.75, 3.05) is 7.05 Å². The van der Waals surface area contributed by atoms with Crippen LogP contribution >= 0.6 is 27.3 Å². The van der Waals surface area contributed by atoms with Crippen LogP contribution in [0.25, 0.3) is 0 Å². The molecule has 1 aliphatic rings. The number of hydrogen-bond donors (Lipinski definition) is 1. The summed E-state index contributed by atoms with van der Waals surface area (Å²) >= 11 is 5.05. The zero-order valence-corrected chi connectivity index (χ0v) is 12.3. The molecule has 3 nitrogen and oxygen atoms in total. The van der Waals surface area contributed by atoms with Crippen LogP contribution in [0.4, 0.5) is 0 Å². The fraction of sp³-hybridized carbons (Fsp3) is 0.583. The molecule has 1 unspecified atom stereocenters. The number of rotatable bonds is 5. The van der Waals surface area contributed by atoms with Crippen molar-refractivity contribution in [3.63, 3.8) is 0 Å². The Bertz CT molecular complexity index is 403. The van der Waals surface area contributed by atoms with E-state index in [1.807, 2.05) is 13.1 Å². The number of amides is 1. The number of carbonyl (C=O) groups is 1. The highest BCUT2D eigenvalue weighted by atomic mass is 79.9. The van der Waals surface area contributed by atoms with Gasteiger partial charge in [0.1, 0.15) is 0 Å². The predicted molar refractivity (Wildman–Crippen MR) is 73.8 cm³/mol. The molecule has 1 aromatic rings. The quantitative estimate of drug-likeness (QED) is 0.907. The molecule has 0 saturated heterocycles. The summed E-state index contributed by atoms with van der Waals surface area (Å²) in [5.41, 5.74) is 7.07. The zero-order chi connectivity index (χ0) is 12.4. The van der Waals surface area contributed by atoms with Crippen molar-refractivity contribution in [2.24, 2.45) is 11.7 Å². The van der Waals surface area contributed by atoms with Crippen molar-refractivity contribution in [1.82, 2.24) is 4.90 Å². The standard InChI is InChI=1S/C12H17BrN2OS/c1-15(6-9-5-11(13)17-7-9)12(16)10(14)4-8-2-3-8/h5,7-8,10H,2-4,6,14H2,1H3. The van der Waals surface area contributed by atoms with Gasteiger partial charge in [0.05, 0.1) is 9.83 Å². The average molecular weight is 317 g/mol. The van der Waals surface area contributed by atoms with Crippen molar-refractivity contribution in [3.05, 3.63) is 20.8 Å². The van der Waals surface area contributed by atoms with E-state index in [0.717, 1.165) is 15.8 Å². The number of likely N-dealkylation sites (N-methyl/N-ethyl adjacent to an activating group) is 1. The third kappa shape index (κ3) is 3.79. The van der Waals surface area contributed by atoms with Crippen LogP contribution in [0.15, 0.2) is 15.2 Å². The van der Waals surface area contributed by atoms with E-state index in [1.165, 1.54) is 12.8 Å². The number of carbonyl (C=O) groups excluding carboxylic acids is 1. The van der Waals surface area contributed by atoms with E-state index >= 15 is 0 Å². The zero-order valence-electron chi connectivity index (χ0n) is 9.86. The molecule has 1 atom stereocenters. The van der Waals surface area contributed by atoms with Crippen LogP contribution in [-0.2, 0) is 11.3 Å². The van der Waals surface area contributed by atoms with Gasteiger partial charge in [-0.05, 0) is 45.3 Å². The van der Waals surface area contributed by atoms with E-state index in [0.29, 0.717) is 12.5 Å². The van der Waals surface area contributed by atoms with Crippen LogP contribution in [-0.4, -0.2) is 23.9 Å². The van der Waals surface area contributed by atoms with Crippen LogP contribution in [0.5, 0.6) is 0 Å². The van der Waals surface area contributed by atoms with Gasteiger partial charge >= 0.3 is 0 Å². The van der Waals surface area contributed by atoms with E-state index in [1.54, 1.807) is 16.2 Å². The molecule has 1 saturated carbocycles. The normalized spacial score (nSPS) is 16.9. The summed E-state index contributed by atoms with van der Waals surface area (Å²) in [6.07, 6.45) is 3.32. The second-order valence-corrected chi connectivity index (χ2v) is 7.03. The molecule has 5 heteroatoms. The van der Waals surface area contributed by atoms with Gasteiger partial charge in [-0.2, -0.15) is 0 Å². The Morgan fingerprint density at radius 3 is 2.94 bits per heavy atom. The smallest absolute Gasteiger partial charge is 0.239 e. The molecule has 17 heavy (non-hydrogen) atoms. The summed E-state index contributed by atoms with van der Waals surface area (Å²) in [4.78, 5) is 13.7. The molecule has 94 valence electrons. The fourth-order valence-electron chi connectivity index (χ4n) is 1.88. The van der Waals surface area contributed by atoms with E-state index < -0.39 is 0 Å². The Kier molecular flexibility index (Phi) is 4.22. The minimum absolute atomic E-state index is 0.0548. The summed E-state index contributed by atoms with van der Waals surface area (Å²) in [5.74, 6) is 0.747. The molecular formula is C12H17BrN2OS. The molecule has 1 aliphatic carbocycles. The highest BCUT2D eigenvalue weighted by Gasteiger charge is 2.28. The maximum Gasteiger partial charge on any atom is 0.239 e. The second kappa shape index (κ2) is 5.50. The number of nitrogens with two attached hydrogens (primary N) is 1. The topological polar surface area (TPSA) is 46.3 Å². The van der Waals surface area contributed by atoms with Crippen LogP contribution < -0.4 is 5.73 Å². The molecule has 0 aromatic carbocycles. The van der Waals surface area contributed by atoms with Crippen molar-refractivity contribution in [2.45, 2.75) is 31.8 Å². The summed E-state index contributed by atoms with van der Waals surface area (Å²) in [6.45, 7) is 0.638. The lowest BCUT2D eigenvalue weighted by atomic mass is 10.1. The van der Waals surface area contributed by atoms with Crippen molar-refractivity contribution >= 4 is 33.2 Å². The molecule has 1 heterocycles. The third-order valence-corrected chi connectivity index (χ3v) is 4.57. The van der Waals surface area contributed by atoms with E-state index in [4.69, 9.17) is 5.73 Å². The molecule has 1 amide bonds. The molecule has 2 N–H and O–H groups in total. The molecule has 1 fully saturated rings. The Hall–Kier alpha value is -0.390. The summed E-state index contributed by atoms with van der Waals surface area (Å²) in [7, 11) is 1.82. The Morgan fingerprint density at radius 1 is 1.71 bits per heavy atom. The summed E-state index contributed by atoms with van der Waals surface area (Å²) in [6, 6.07) is 1.72. The first-order chi connectivity index (χ1) is 8.06. The monoisotopic (exact) mass is 316 g/mol. The maximum absolute atomic E-state index is 12.0. The van der Waals surface area contributed by atoms with Gasteiger partial charge in [0, 0.05) is 13.6 Å². The first kappa shape index (κ1) is 13.1. The highest BCUT2D eigenvalue weighted by Crippen LogP contribution is 2.33. The van der Waals surface area contributed by atoms with Gasteiger partial charge in [-0.1, -0.05) is 12.8 Å². The summed E-state index contributed by atoms with van der Waals surface area (Å²) in [5, 5.41) is 2.06.